The lowest BCUT2D eigenvalue weighted by Crippen LogP contribution is -2.41. The first-order valence-corrected chi connectivity index (χ1v) is 6.36. The van der Waals surface area contributed by atoms with Gasteiger partial charge < -0.3 is 15.5 Å². The smallest absolute Gasteiger partial charge is 0.326 e. The molecule has 7 heteroatoms. The third-order valence-corrected chi connectivity index (χ3v) is 2.89. The molecule has 0 saturated carbocycles. The number of nitrogens with zero attached hydrogens (tertiary/aromatic N) is 2. The van der Waals surface area contributed by atoms with Crippen molar-refractivity contribution in [2.24, 2.45) is 0 Å². The van der Waals surface area contributed by atoms with E-state index in [1.807, 2.05) is 30.3 Å². The number of amides is 1. The van der Waals surface area contributed by atoms with Crippen LogP contribution >= 0.6 is 0 Å². The summed E-state index contributed by atoms with van der Waals surface area (Å²) in [6, 6.07) is 8.10. The average Bonchev–Trinajstić information content (AvgIpc) is 2.97. The zero-order valence-electron chi connectivity index (χ0n) is 11.1. The van der Waals surface area contributed by atoms with Gasteiger partial charge in [0.2, 0.25) is 0 Å². The molecule has 1 atom stereocenters. The molecular formula is C14H15N3O4. The lowest BCUT2D eigenvalue weighted by atomic mass is 10.2. The van der Waals surface area contributed by atoms with E-state index in [1.54, 1.807) is 0 Å². The average molecular weight is 289 g/mol. The molecule has 0 bridgehead atoms. The predicted molar refractivity (Wildman–Crippen MR) is 74.2 cm³/mol. The molecule has 3 N–H and O–H groups in total. The number of carbonyl (C=O) groups is 2. The van der Waals surface area contributed by atoms with Gasteiger partial charge >= 0.3 is 5.97 Å². The van der Waals surface area contributed by atoms with Crippen LogP contribution < -0.4 is 5.32 Å². The van der Waals surface area contributed by atoms with Gasteiger partial charge in [-0.1, -0.05) is 18.2 Å². The van der Waals surface area contributed by atoms with E-state index in [2.05, 4.69) is 10.4 Å². The Morgan fingerprint density at radius 1 is 1.29 bits per heavy atom. The van der Waals surface area contributed by atoms with Gasteiger partial charge in [-0.15, -0.1) is 0 Å². The van der Waals surface area contributed by atoms with Crippen molar-refractivity contribution in [1.82, 2.24) is 15.1 Å². The lowest BCUT2D eigenvalue weighted by molar-refractivity contribution is -0.139. The summed E-state index contributed by atoms with van der Waals surface area (Å²) in [7, 11) is 0. The van der Waals surface area contributed by atoms with E-state index >= 15 is 0 Å². The van der Waals surface area contributed by atoms with Crippen molar-refractivity contribution in [2.75, 3.05) is 6.61 Å². The SMILES string of the molecule is O=C(NC(CCO)C(=O)O)c1cnn(-c2ccccc2)c1. The summed E-state index contributed by atoms with van der Waals surface area (Å²) in [5.74, 6) is -1.73. The molecule has 0 spiro atoms. The Labute approximate surface area is 120 Å². The second-order valence-corrected chi connectivity index (χ2v) is 4.39. The van der Waals surface area contributed by atoms with E-state index < -0.39 is 17.9 Å². The first-order valence-electron chi connectivity index (χ1n) is 6.36. The van der Waals surface area contributed by atoms with E-state index in [9.17, 15) is 9.59 Å². The zero-order chi connectivity index (χ0) is 15.2. The molecule has 110 valence electrons. The number of rotatable bonds is 6. The molecule has 0 aliphatic heterocycles. The number of aliphatic hydroxyl groups excluding tert-OH is 1. The number of benzene rings is 1. The Hall–Kier alpha value is -2.67. The maximum absolute atomic E-state index is 12.0. The minimum Gasteiger partial charge on any atom is -0.480 e. The summed E-state index contributed by atoms with van der Waals surface area (Å²) in [4.78, 5) is 22.9. The fraction of sp³-hybridized carbons (Fsp3) is 0.214. The fourth-order valence-electron chi connectivity index (χ4n) is 1.79. The van der Waals surface area contributed by atoms with Gasteiger partial charge in [-0.2, -0.15) is 5.10 Å². The first-order chi connectivity index (χ1) is 10.1. The summed E-state index contributed by atoms with van der Waals surface area (Å²) >= 11 is 0. The van der Waals surface area contributed by atoms with E-state index in [-0.39, 0.29) is 18.6 Å². The third kappa shape index (κ3) is 3.67. The molecular weight excluding hydrogens is 274 g/mol. The Kier molecular flexibility index (Phi) is 4.68. The van der Waals surface area contributed by atoms with Gasteiger partial charge in [-0.3, -0.25) is 4.79 Å². The number of aromatic nitrogens is 2. The van der Waals surface area contributed by atoms with Crippen molar-refractivity contribution in [2.45, 2.75) is 12.5 Å². The van der Waals surface area contributed by atoms with Gasteiger partial charge in [0.15, 0.2) is 0 Å². The standard InChI is InChI=1S/C14H15N3O4/c18-7-6-12(14(20)21)16-13(19)10-8-15-17(9-10)11-4-2-1-3-5-11/h1-5,8-9,12,18H,6-7H2,(H,16,19)(H,20,21). The number of hydrogen-bond acceptors (Lipinski definition) is 4. The van der Waals surface area contributed by atoms with Gasteiger partial charge in [0, 0.05) is 19.2 Å². The van der Waals surface area contributed by atoms with Crippen LogP contribution in [0.3, 0.4) is 0 Å². The first kappa shape index (κ1) is 14.7. The number of carboxylic acid groups (broad SMARTS) is 1. The maximum atomic E-state index is 12.0. The Balaban J connectivity index is 2.10. The monoisotopic (exact) mass is 289 g/mol. The second-order valence-electron chi connectivity index (χ2n) is 4.39. The molecule has 1 aromatic heterocycles. The Morgan fingerprint density at radius 3 is 2.62 bits per heavy atom. The third-order valence-electron chi connectivity index (χ3n) is 2.89. The summed E-state index contributed by atoms with van der Waals surface area (Å²) in [6.45, 7) is -0.319. The number of para-hydroxylation sites is 1. The Bertz CT molecular complexity index is 624. The number of hydrogen-bond donors (Lipinski definition) is 3. The van der Waals surface area contributed by atoms with Crippen LogP contribution in [0.5, 0.6) is 0 Å². The van der Waals surface area contributed by atoms with Gasteiger partial charge in [-0.05, 0) is 12.1 Å². The highest BCUT2D eigenvalue weighted by molar-refractivity contribution is 5.96. The molecule has 1 aromatic carbocycles. The normalized spacial score (nSPS) is 11.9. The highest BCUT2D eigenvalue weighted by Crippen LogP contribution is 2.08. The molecule has 1 heterocycles. The van der Waals surface area contributed by atoms with Crippen LogP contribution in [0.25, 0.3) is 5.69 Å². The molecule has 0 radical (unpaired) electrons. The van der Waals surface area contributed by atoms with Gasteiger partial charge in [0.05, 0.1) is 17.4 Å². The molecule has 1 amide bonds. The van der Waals surface area contributed by atoms with Crippen molar-refractivity contribution in [3.05, 3.63) is 48.3 Å². The van der Waals surface area contributed by atoms with E-state index in [0.29, 0.717) is 0 Å². The summed E-state index contributed by atoms with van der Waals surface area (Å²) in [5.41, 5.74) is 1.05. The van der Waals surface area contributed by atoms with Crippen LogP contribution in [-0.2, 0) is 4.79 Å². The molecule has 0 aliphatic carbocycles. The Morgan fingerprint density at radius 2 is 2.00 bits per heavy atom. The summed E-state index contributed by atoms with van der Waals surface area (Å²) < 4.78 is 1.52. The van der Waals surface area contributed by atoms with Crippen LogP contribution in [0.4, 0.5) is 0 Å². The highest BCUT2D eigenvalue weighted by atomic mass is 16.4. The summed E-state index contributed by atoms with van der Waals surface area (Å²) in [5, 5.41) is 24.1. The molecule has 7 nitrogen and oxygen atoms in total. The topological polar surface area (TPSA) is 104 Å². The van der Waals surface area contributed by atoms with Crippen LogP contribution in [0.1, 0.15) is 16.8 Å². The van der Waals surface area contributed by atoms with E-state index in [1.165, 1.54) is 17.1 Å². The van der Waals surface area contributed by atoms with E-state index in [4.69, 9.17) is 10.2 Å². The van der Waals surface area contributed by atoms with Crippen LogP contribution in [0.2, 0.25) is 0 Å². The molecule has 2 rings (SSSR count). The molecule has 0 fully saturated rings. The van der Waals surface area contributed by atoms with Crippen molar-refractivity contribution in [3.63, 3.8) is 0 Å². The number of aliphatic hydroxyl groups is 1. The molecule has 21 heavy (non-hydrogen) atoms. The molecule has 0 saturated heterocycles. The van der Waals surface area contributed by atoms with E-state index in [0.717, 1.165) is 5.69 Å². The maximum Gasteiger partial charge on any atom is 0.326 e. The molecule has 2 aromatic rings. The van der Waals surface area contributed by atoms with Crippen LogP contribution in [0.15, 0.2) is 42.7 Å². The lowest BCUT2D eigenvalue weighted by Gasteiger charge is -2.12. The summed E-state index contributed by atoms with van der Waals surface area (Å²) in [6.07, 6.45) is 2.83. The number of carbonyl (C=O) groups excluding carboxylic acids is 1. The fourth-order valence-corrected chi connectivity index (χ4v) is 1.79. The van der Waals surface area contributed by atoms with Crippen molar-refractivity contribution in [3.8, 4) is 5.69 Å². The van der Waals surface area contributed by atoms with Crippen molar-refractivity contribution in [1.29, 1.82) is 0 Å². The zero-order valence-corrected chi connectivity index (χ0v) is 11.1. The second kappa shape index (κ2) is 6.67. The molecule has 1 unspecified atom stereocenters. The largest absolute Gasteiger partial charge is 0.480 e. The number of nitrogens with one attached hydrogen (secondary N) is 1. The van der Waals surface area contributed by atoms with Crippen LogP contribution in [-0.4, -0.2) is 44.5 Å². The van der Waals surface area contributed by atoms with Crippen LogP contribution in [0, 0.1) is 0 Å². The van der Waals surface area contributed by atoms with Crippen molar-refractivity contribution >= 4 is 11.9 Å². The minimum atomic E-state index is -1.19. The minimum absolute atomic E-state index is 0.0477. The van der Waals surface area contributed by atoms with Gasteiger partial charge in [0.1, 0.15) is 6.04 Å². The number of aliphatic carboxylic acids is 1. The van der Waals surface area contributed by atoms with Crippen molar-refractivity contribution < 1.29 is 19.8 Å². The quantitative estimate of drug-likeness (QED) is 0.715. The predicted octanol–water partition coefficient (Wildman–Crippen LogP) is 0.438. The van der Waals surface area contributed by atoms with Gasteiger partial charge in [0.25, 0.3) is 5.91 Å². The number of carboxylic acids is 1. The molecule has 0 aliphatic rings. The highest BCUT2D eigenvalue weighted by Gasteiger charge is 2.20. The van der Waals surface area contributed by atoms with Gasteiger partial charge in [-0.25, -0.2) is 9.48 Å².